The Kier molecular flexibility index (Phi) is 8.20. The summed E-state index contributed by atoms with van der Waals surface area (Å²) in [6, 6.07) is 16.6. The number of fused-ring (bicyclic) bond motifs is 1. The summed E-state index contributed by atoms with van der Waals surface area (Å²) < 4.78 is 11.9. The Morgan fingerprint density at radius 2 is 1.67 bits per heavy atom. The zero-order valence-electron chi connectivity index (χ0n) is 22.2. The molecule has 0 amide bonds. The zero-order valence-corrected chi connectivity index (χ0v) is 22.2. The number of likely N-dealkylation sites (tertiary alicyclic amines) is 1. The second-order valence-corrected chi connectivity index (χ2v) is 10.5. The number of benzene rings is 3. The molecule has 1 aliphatic rings. The second kappa shape index (κ2) is 11.3. The topological polar surface area (TPSA) is 59.0 Å². The molecule has 3 aromatic carbocycles. The lowest BCUT2D eigenvalue weighted by Crippen LogP contribution is -2.32. The molecule has 1 unspecified atom stereocenters. The maximum atomic E-state index is 11.9. The predicted molar refractivity (Wildman–Crippen MR) is 146 cm³/mol. The van der Waals surface area contributed by atoms with E-state index < -0.39 is 11.9 Å². The third-order valence-electron chi connectivity index (χ3n) is 7.74. The third kappa shape index (κ3) is 5.36. The molecule has 0 radical (unpaired) electrons. The number of ether oxygens (including phenoxy) is 2. The number of hydrogen-bond acceptors (Lipinski definition) is 4. The molecule has 1 atom stereocenters. The van der Waals surface area contributed by atoms with Crippen molar-refractivity contribution in [3.05, 3.63) is 59.7 Å². The summed E-state index contributed by atoms with van der Waals surface area (Å²) in [6.07, 6.45) is 2.95. The van der Waals surface area contributed by atoms with E-state index in [1.165, 1.54) is 12.8 Å². The fourth-order valence-corrected chi connectivity index (χ4v) is 5.47. The highest BCUT2D eigenvalue weighted by Crippen LogP contribution is 2.44. The quantitative estimate of drug-likeness (QED) is 0.364. The molecule has 5 nitrogen and oxygen atoms in total. The van der Waals surface area contributed by atoms with Crippen LogP contribution >= 0.6 is 0 Å². The van der Waals surface area contributed by atoms with Gasteiger partial charge in [0.2, 0.25) is 0 Å². The smallest absolute Gasteiger partial charge is 0.307 e. The van der Waals surface area contributed by atoms with Crippen molar-refractivity contribution in [2.45, 2.75) is 46.6 Å². The lowest BCUT2D eigenvalue weighted by molar-refractivity contribution is -0.143. The number of rotatable bonds is 9. The molecule has 0 spiro atoms. The number of nitrogens with zero attached hydrogens (tertiary/aromatic N) is 1. The predicted octanol–water partition coefficient (Wildman–Crippen LogP) is 6.66. The van der Waals surface area contributed by atoms with Crippen LogP contribution in [0.25, 0.3) is 21.9 Å². The highest BCUT2D eigenvalue weighted by atomic mass is 16.5. The van der Waals surface area contributed by atoms with Gasteiger partial charge >= 0.3 is 5.97 Å². The number of carbonyl (C=O) groups is 1. The first-order chi connectivity index (χ1) is 17.3. The van der Waals surface area contributed by atoms with E-state index in [4.69, 9.17) is 9.47 Å². The molecule has 192 valence electrons. The van der Waals surface area contributed by atoms with Gasteiger partial charge in [-0.25, -0.2) is 0 Å². The minimum Gasteiger partial charge on any atom is -0.496 e. The maximum Gasteiger partial charge on any atom is 0.307 e. The highest BCUT2D eigenvalue weighted by Gasteiger charge is 2.25. The first-order valence-electron chi connectivity index (χ1n) is 13.0. The van der Waals surface area contributed by atoms with Gasteiger partial charge in [-0.3, -0.25) is 9.69 Å². The van der Waals surface area contributed by atoms with Crippen LogP contribution in [-0.4, -0.2) is 43.3 Å². The molecule has 36 heavy (non-hydrogen) atoms. The number of hydrogen-bond donors (Lipinski definition) is 1. The number of carboxylic acids is 1. The molecule has 0 aliphatic carbocycles. The van der Waals surface area contributed by atoms with Crippen molar-refractivity contribution in [2.75, 3.05) is 27.3 Å². The van der Waals surface area contributed by atoms with Crippen LogP contribution in [0.1, 0.15) is 44.7 Å². The van der Waals surface area contributed by atoms with Crippen LogP contribution in [-0.2, 0) is 17.8 Å². The molecular formula is C31H39NO4. The number of methoxy groups -OCH3 is 2. The summed E-state index contributed by atoms with van der Waals surface area (Å²) in [5.41, 5.74) is 4.19. The van der Waals surface area contributed by atoms with Crippen LogP contribution in [0.4, 0.5) is 0 Å². The van der Waals surface area contributed by atoms with E-state index in [9.17, 15) is 9.90 Å². The van der Waals surface area contributed by atoms with E-state index in [0.717, 1.165) is 70.1 Å². The molecule has 1 N–H and O–H groups in total. The van der Waals surface area contributed by atoms with Gasteiger partial charge in [-0.2, -0.15) is 0 Å². The van der Waals surface area contributed by atoms with Gasteiger partial charge in [0, 0.05) is 12.1 Å². The van der Waals surface area contributed by atoms with Crippen LogP contribution in [0.15, 0.2) is 48.5 Å². The van der Waals surface area contributed by atoms with Gasteiger partial charge in [-0.1, -0.05) is 63.2 Å². The maximum absolute atomic E-state index is 11.9. The van der Waals surface area contributed by atoms with Crippen LogP contribution in [0, 0.1) is 17.8 Å². The summed E-state index contributed by atoms with van der Waals surface area (Å²) in [6.45, 7) is 9.32. The third-order valence-corrected chi connectivity index (χ3v) is 7.74. The van der Waals surface area contributed by atoms with Gasteiger partial charge in [0.25, 0.3) is 0 Å². The van der Waals surface area contributed by atoms with Crippen LogP contribution in [0.2, 0.25) is 0 Å². The first kappa shape index (κ1) is 26.0. The monoisotopic (exact) mass is 489 g/mol. The Morgan fingerprint density at radius 1 is 0.972 bits per heavy atom. The van der Waals surface area contributed by atoms with E-state index in [-0.39, 0.29) is 5.92 Å². The Hall–Kier alpha value is -3.05. The van der Waals surface area contributed by atoms with E-state index in [0.29, 0.717) is 6.42 Å². The normalized spacial score (nSPS) is 15.8. The summed E-state index contributed by atoms with van der Waals surface area (Å²) in [4.78, 5) is 14.4. The summed E-state index contributed by atoms with van der Waals surface area (Å²) in [7, 11) is 3.43. The molecule has 0 aromatic heterocycles. The average molecular weight is 490 g/mol. The minimum absolute atomic E-state index is 0.0515. The SMILES string of the molecule is COc1ccc(CN2CCC(C)CC2)c(OC)c1-c1cccc2c(CC(C(=O)O)C(C)C)cccc12. The molecule has 0 saturated carbocycles. The first-order valence-corrected chi connectivity index (χ1v) is 13.0. The molecule has 1 fully saturated rings. The molecule has 1 saturated heterocycles. The van der Waals surface area contributed by atoms with E-state index >= 15 is 0 Å². The van der Waals surface area contributed by atoms with E-state index in [1.54, 1.807) is 14.2 Å². The Labute approximate surface area is 215 Å². The molecule has 0 bridgehead atoms. The lowest BCUT2D eigenvalue weighted by atomic mass is 9.86. The van der Waals surface area contributed by atoms with Crippen LogP contribution in [0.5, 0.6) is 11.5 Å². The summed E-state index contributed by atoms with van der Waals surface area (Å²) in [5, 5.41) is 11.9. The fraction of sp³-hybridized carbons (Fsp3) is 0.452. The Balaban J connectivity index is 1.81. The molecule has 5 heteroatoms. The van der Waals surface area contributed by atoms with Gasteiger partial charge in [0.05, 0.1) is 25.7 Å². The number of carboxylic acid groups (broad SMARTS) is 1. The molecule has 4 rings (SSSR count). The lowest BCUT2D eigenvalue weighted by Gasteiger charge is -2.31. The van der Waals surface area contributed by atoms with Gasteiger partial charge in [0.15, 0.2) is 0 Å². The average Bonchev–Trinajstić information content (AvgIpc) is 2.87. The molecule has 3 aromatic rings. The molecule has 1 heterocycles. The van der Waals surface area contributed by atoms with Gasteiger partial charge in [-0.15, -0.1) is 0 Å². The van der Waals surface area contributed by atoms with Crippen molar-refractivity contribution >= 4 is 16.7 Å². The minimum atomic E-state index is -0.749. The largest absolute Gasteiger partial charge is 0.496 e. The summed E-state index contributed by atoms with van der Waals surface area (Å²) in [5.74, 6) is 1.27. The van der Waals surface area contributed by atoms with Gasteiger partial charge < -0.3 is 14.6 Å². The van der Waals surface area contributed by atoms with Crippen molar-refractivity contribution in [3.63, 3.8) is 0 Å². The second-order valence-electron chi connectivity index (χ2n) is 10.5. The van der Waals surface area contributed by atoms with Crippen molar-refractivity contribution in [3.8, 4) is 22.6 Å². The fourth-order valence-electron chi connectivity index (χ4n) is 5.47. The zero-order chi connectivity index (χ0) is 25.8. The van der Waals surface area contributed by atoms with Crippen LogP contribution in [0.3, 0.4) is 0 Å². The van der Waals surface area contributed by atoms with E-state index in [2.05, 4.69) is 36.1 Å². The molecule has 1 aliphatic heterocycles. The van der Waals surface area contributed by atoms with Crippen molar-refractivity contribution < 1.29 is 19.4 Å². The summed E-state index contributed by atoms with van der Waals surface area (Å²) >= 11 is 0. The van der Waals surface area contributed by atoms with E-state index in [1.807, 2.05) is 38.1 Å². The number of piperidine rings is 1. The van der Waals surface area contributed by atoms with Crippen molar-refractivity contribution in [1.29, 1.82) is 0 Å². The van der Waals surface area contributed by atoms with Crippen molar-refractivity contribution in [2.24, 2.45) is 17.8 Å². The van der Waals surface area contributed by atoms with Crippen LogP contribution < -0.4 is 9.47 Å². The highest BCUT2D eigenvalue weighted by molar-refractivity contribution is 6.01. The van der Waals surface area contributed by atoms with Crippen molar-refractivity contribution in [1.82, 2.24) is 4.90 Å². The molecular weight excluding hydrogens is 450 g/mol. The number of aliphatic carboxylic acids is 1. The Bertz CT molecular complexity index is 1210. The Morgan fingerprint density at radius 3 is 2.31 bits per heavy atom. The standard InChI is InChI=1S/C31H39NO4/c1-20(2)27(31(33)34)18-22-8-6-10-25-24(22)9-7-11-26(25)29-28(35-4)13-12-23(30(29)36-5)19-32-16-14-21(3)15-17-32/h6-13,20-21,27H,14-19H2,1-5H3,(H,33,34). The van der Waals surface area contributed by atoms with Gasteiger partial charge in [0.1, 0.15) is 11.5 Å². The van der Waals surface area contributed by atoms with Gasteiger partial charge in [-0.05, 0) is 72.2 Å².